The summed E-state index contributed by atoms with van der Waals surface area (Å²) in [5.41, 5.74) is 0. The molecule has 17 heavy (non-hydrogen) atoms. The SMILES string of the molecule is CCCCO[PH](C)(O)CCC(C#N)OC(C)=O. The van der Waals surface area contributed by atoms with Crippen molar-refractivity contribution in [1.82, 2.24) is 0 Å². The fourth-order valence-corrected chi connectivity index (χ4v) is 2.78. The molecule has 0 saturated heterocycles. The van der Waals surface area contributed by atoms with Crippen molar-refractivity contribution in [2.75, 3.05) is 19.4 Å². The summed E-state index contributed by atoms with van der Waals surface area (Å²) in [6, 6.07) is 1.89. The van der Waals surface area contributed by atoms with Gasteiger partial charge in [0, 0.05) is 0 Å². The first-order valence-electron chi connectivity index (χ1n) is 5.84. The van der Waals surface area contributed by atoms with Gasteiger partial charge in [0.1, 0.15) is 0 Å². The number of hydrogen-bond acceptors (Lipinski definition) is 5. The first-order chi connectivity index (χ1) is 7.91. The summed E-state index contributed by atoms with van der Waals surface area (Å²) in [7, 11) is -2.71. The average molecular weight is 263 g/mol. The number of hydrogen-bond donors (Lipinski definition) is 1. The van der Waals surface area contributed by atoms with Crippen LogP contribution in [-0.4, -0.2) is 36.4 Å². The fraction of sp³-hybridized carbons (Fsp3) is 0.818. The molecule has 0 aliphatic heterocycles. The quantitative estimate of drug-likeness (QED) is 0.410. The molecule has 0 aromatic carbocycles. The zero-order valence-electron chi connectivity index (χ0n) is 10.7. The number of nitrogens with zero attached hydrogens (tertiary/aromatic N) is 1. The molecule has 0 aliphatic carbocycles. The van der Waals surface area contributed by atoms with Crippen LogP contribution < -0.4 is 0 Å². The summed E-state index contributed by atoms with van der Waals surface area (Å²) < 4.78 is 10.2. The van der Waals surface area contributed by atoms with Gasteiger partial charge in [-0.3, -0.25) is 0 Å². The van der Waals surface area contributed by atoms with E-state index in [1.165, 1.54) is 6.92 Å². The van der Waals surface area contributed by atoms with Crippen molar-refractivity contribution in [3.63, 3.8) is 0 Å². The van der Waals surface area contributed by atoms with Crippen LogP contribution in [0.5, 0.6) is 0 Å². The number of rotatable bonds is 8. The molecule has 0 bridgehead atoms. The fourth-order valence-electron chi connectivity index (χ4n) is 1.26. The Bertz CT molecular complexity index is 275. The molecule has 0 spiro atoms. The minimum atomic E-state index is -2.71. The van der Waals surface area contributed by atoms with Gasteiger partial charge >= 0.3 is 103 Å². The van der Waals surface area contributed by atoms with E-state index >= 15 is 0 Å². The van der Waals surface area contributed by atoms with Crippen molar-refractivity contribution in [3.8, 4) is 6.07 Å². The number of carbonyl (C=O) groups is 1. The van der Waals surface area contributed by atoms with Gasteiger partial charge < -0.3 is 0 Å². The molecule has 1 atom stereocenters. The van der Waals surface area contributed by atoms with Crippen molar-refractivity contribution >= 4 is 13.7 Å². The summed E-state index contributed by atoms with van der Waals surface area (Å²) >= 11 is 0. The molecule has 0 aromatic heterocycles. The van der Waals surface area contributed by atoms with Crippen LogP contribution in [0.25, 0.3) is 0 Å². The van der Waals surface area contributed by atoms with Gasteiger partial charge in [0.05, 0.1) is 0 Å². The third-order valence-corrected chi connectivity index (χ3v) is 4.28. The number of esters is 1. The van der Waals surface area contributed by atoms with E-state index in [4.69, 9.17) is 14.5 Å². The van der Waals surface area contributed by atoms with Crippen LogP contribution in [-0.2, 0) is 14.1 Å². The van der Waals surface area contributed by atoms with Crippen LogP contribution in [0, 0.1) is 11.3 Å². The third kappa shape index (κ3) is 9.05. The topological polar surface area (TPSA) is 79.6 Å². The Morgan fingerprint density at radius 1 is 1.59 bits per heavy atom. The van der Waals surface area contributed by atoms with Crippen LogP contribution in [0.1, 0.15) is 33.1 Å². The van der Waals surface area contributed by atoms with Gasteiger partial charge in [0.2, 0.25) is 0 Å². The second-order valence-corrected chi connectivity index (χ2v) is 7.28. The molecule has 1 unspecified atom stereocenters. The average Bonchev–Trinajstić information content (AvgIpc) is 2.24. The summed E-state index contributed by atoms with van der Waals surface area (Å²) in [6.45, 7) is 5.54. The molecule has 1 N–H and O–H groups in total. The number of unbranched alkanes of at least 4 members (excludes halogenated alkanes) is 1. The Hall–Kier alpha value is -0.690. The molecular formula is C11H22NO4P. The first kappa shape index (κ1) is 16.3. The molecular weight excluding hydrogens is 241 g/mol. The van der Waals surface area contributed by atoms with E-state index in [0.29, 0.717) is 19.2 Å². The molecule has 0 aromatic rings. The molecule has 0 rings (SSSR count). The number of nitriles is 1. The minimum absolute atomic E-state index is 0.321. The Morgan fingerprint density at radius 2 is 2.24 bits per heavy atom. The summed E-state index contributed by atoms with van der Waals surface area (Å²) in [5, 5.41) is 8.75. The van der Waals surface area contributed by atoms with E-state index in [2.05, 4.69) is 0 Å². The van der Waals surface area contributed by atoms with Gasteiger partial charge in [0.15, 0.2) is 0 Å². The molecule has 0 amide bonds. The molecule has 0 fully saturated rings. The van der Waals surface area contributed by atoms with Crippen LogP contribution in [0.15, 0.2) is 0 Å². The number of carbonyl (C=O) groups excluding carboxylic acids is 1. The molecule has 0 heterocycles. The van der Waals surface area contributed by atoms with Gasteiger partial charge in [-0.05, 0) is 0 Å². The van der Waals surface area contributed by atoms with Gasteiger partial charge in [-0.15, -0.1) is 0 Å². The monoisotopic (exact) mass is 263 g/mol. The molecule has 100 valence electrons. The molecule has 6 heteroatoms. The van der Waals surface area contributed by atoms with Crippen LogP contribution >= 0.6 is 7.72 Å². The van der Waals surface area contributed by atoms with E-state index in [9.17, 15) is 9.69 Å². The van der Waals surface area contributed by atoms with Crippen molar-refractivity contribution < 1.29 is 18.9 Å². The van der Waals surface area contributed by atoms with Gasteiger partial charge in [-0.1, -0.05) is 0 Å². The predicted octanol–water partition coefficient (Wildman–Crippen LogP) is 1.85. The van der Waals surface area contributed by atoms with E-state index in [-0.39, 0.29) is 0 Å². The third-order valence-electron chi connectivity index (χ3n) is 2.23. The van der Waals surface area contributed by atoms with E-state index in [1.807, 2.05) is 13.0 Å². The van der Waals surface area contributed by atoms with Crippen molar-refractivity contribution in [3.05, 3.63) is 0 Å². The summed E-state index contributed by atoms with van der Waals surface area (Å²) in [4.78, 5) is 20.7. The van der Waals surface area contributed by atoms with Crippen molar-refractivity contribution in [1.29, 1.82) is 5.26 Å². The van der Waals surface area contributed by atoms with Gasteiger partial charge in [0.25, 0.3) is 0 Å². The van der Waals surface area contributed by atoms with E-state index in [0.717, 1.165) is 12.8 Å². The van der Waals surface area contributed by atoms with Gasteiger partial charge in [-0.2, -0.15) is 0 Å². The Labute approximate surface area is 103 Å². The summed E-state index contributed by atoms with van der Waals surface area (Å²) in [5.74, 6) is -0.482. The van der Waals surface area contributed by atoms with Gasteiger partial charge in [-0.25, -0.2) is 0 Å². The Balaban J connectivity index is 3.97. The Kier molecular flexibility index (Phi) is 8.07. The Morgan fingerprint density at radius 3 is 2.71 bits per heavy atom. The maximum atomic E-state index is 10.7. The maximum absolute atomic E-state index is 10.7. The zero-order chi connectivity index (χ0) is 13.3. The number of ether oxygens (including phenoxy) is 1. The first-order valence-corrected chi connectivity index (χ1v) is 8.40. The molecule has 0 aliphatic rings. The van der Waals surface area contributed by atoms with Crippen LogP contribution in [0.3, 0.4) is 0 Å². The predicted molar refractivity (Wildman–Crippen MR) is 68.0 cm³/mol. The summed E-state index contributed by atoms with van der Waals surface area (Å²) in [6.07, 6.45) is 1.85. The zero-order valence-corrected chi connectivity index (χ0v) is 11.7. The molecule has 0 saturated carbocycles. The van der Waals surface area contributed by atoms with Crippen LogP contribution in [0.2, 0.25) is 0 Å². The van der Waals surface area contributed by atoms with Crippen LogP contribution in [0.4, 0.5) is 0 Å². The second kappa shape index (κ2) is 8.41. The standard InChI is InChI=1S/C11H22NO4P/c1-4-5-7-15-17(3,14)8-6-11(9-12)16-10(2)13/h11,14,17H,4-8H2,1-3H3. The van der Waals surface area contributed by atoms with E-state index < -0.39 is 19.8 Å². The second-order valence-electron chi connectivity index (χ2n) is 4.14. The van der Waals surface area contributed by atoms with E-state index in [1.54, 1.807) is 6.66 Å². The normalized spacial score (nSPS) is 13.8. The van der Waals surface area contributed by atoms with Crippen molar-refractivity contribution in [2.24, 2.45) is 0 Å². The molecule has 5 nitrogen and oxygen atoms in total. The van der Waals surface area contributed by atoms with Crippen molar-refractivity contribution in [2.45, 2.75) is 39.2 Å². The molecule has 0 radical (unpaired) electrons.